The summed E-state index contributed by atoms with van der Waals surface area (Å²) in [5.41, 5.74) is 8.75. The molecule has 0 bridgehead atoms. The van der Waals surface area contributed by atoms with Crippen LogP contribution in [0.2, 0.25) is 0 Å². The van der Waals surface area contributed by atoms with Crippen LogP contribution < -0.4 is 0 Å². The number of nitrogens with zero attached hydrogens (tertiary/aromatic N) is 4. The Morgan fingerprint density at radius 1 is 0.396 bits per heavy atom. The molecule has 0 radical (unpaired) electrons. The van der Waals surface area contributed by atoms with Gasteiger partial charge in [-0.05, 0) is 53.6 Å². The fourth-order valence-corrected chi connectivity index (χ4v) is 8.60. The zero-order chi connectivity index (χ0) is 34.9. The van der Waals surface area contributed by atoms with Crippen LogP contribution in [0.3, 0.4) is 0 Å². The molecular weight excluding hydrogens is 673 g/mol. The second-order valence-electron chi connectivity index (χ2n) is 13.0. The van der Waals surface area contributed by atoms with Gasteiger partial charge >= 0.3 is 0 Å². The van der Waals surface area contributed by atoms with Crippen LogP contribution in [0.4, 0.5) is 0 Å². The van der Waals surface area contributed by atoms with Gasteiger partial charge in [0.15, 0.2) is 23.1 Å². The first kappa shape index (κ1) is 29.7. The van der Waals surface area contributed by atoms with Crippen molar-refractivity contribution in [2.75, 3.05) is 0 Å². The number of thiophene rings is 1. The summed E-state index contributed by atoms with van der Waals surface area (Å²) >= 11 is 1.83. The largest absolute Gasteiger partial charge is 0.456 e. The van der Waals surface area contributed by atoms with Crippen molar-refractivity contribution in [3.05, 3.63) is 158 Å². The van der Waals surface area contributed by atoms with E-state index in [1.807, 2.05) is 102 Å². The van der Waals surface area contributed by atoms with Crippen LogP contribution in [-0.2, 0) is 0 Å². The van der Waals surface area contributed by atoms with Gasteiger partial charge in [0.2, 0.25) is 5.89 Å². The Morgan fingerprint density at radius 2 is 1.00 bits per heavy atom. The maximum Gasteiger partial charge on any atom is 0.228 e. The van der Waals surface area contributed by atoms with E-state index in [9.17, 15) is 0 Å². The fourth-order valence-electron chi connectivity index (χ4n) is 7.36. The molecule has 0 unspecified atom stereocenters. The molecule has 0 aliphatic heterocycles. The lowest BCUT2D eigenvalue weighted by Crippen LogP contribution is -2.00. The lowest BCUT2D eigenvalue weighted by atomic mass is 10.00. The van der Waals surface area contributed by atoms with Crippen LogP contribution in [0.1, 0.15) is 0 Å². The standard InChI is InChI=1S/C46H26N4O2S/c1-2-12-27(13-3-1)43-48-44(29-15-8-14-28(26-29)30-17-9-18-32-31-16-4-7-25-39(31)53-42(30)32)50-45(49-43)33-19-10-23-37-40(33)41-34(20-11-24-38(41)51-37)46-47-35-21-5-6-22-36(35)52-46/h1-26H. The van der Waals surface area contributed by atoms with Crippen molar-refractivity contribution < 1.29 is 8.83 Å². The first-order chi connectivity index (χ1) is 26.2. The van der Waals surface area contributed by atoms with Gasteiger partial charge in [-0.2, -0.15) is 0 Å². The first-order valence-electron chi connectivity index (χ1n) is 17.4. The SMILES string of the molecule is c1ccc(-c2nc(-c3cccc(-c4cccc5c4sc4ccccc45)c3)nc(-c3cccc4oc5cccc(-c6nc7ccccc7o6)c5c34)n2)cc1. The van der Waals surface area contributed by atoms with Crippen molar-refractivity contribution in [3.8, 4) is 56.7 Å². The van der Waals surface area contributed by atoms with Crippen molar-refractivity contribution >= 4 is 64.5 Å². The topological polar surface area (TPSA) is 77.8 Å². The van der Waals surface area contributed by atoms with E-state index in [4.69, 9.17) is 28.8 Å². The Hall–Kier alpha value is -6.96. The molecule has 0 atom stereocenters. The summed E-state index contributed by atoms with van der Waals surface area (Å²) in [5.74, 6) is 2.25. The van der Waals surface area contributed by atoms with Crippen molar-refractivity contribution in [1.29, 1.82) is 0 Å². The summed E-state index contributed by atoms with van der Waals surface area (Å²) < 4.78 is 15.3. The first-order valence-corrected chi connectivity index (χ1v) is 18.2. The predicted octanol–water partition coefficient (Wildman–Crippen LogP) is 12.6. The smallest absolute Gasteiger partial charge is 0.228 e. The Balaban J connectivity index is 1.12. The third-order valence-corrected chi connectivity index (χ3v) is 11.0. The Kier molecular flexibility index (Phi) is 6.62. The van der Waals surface area contributed by atoms with Crippen LogP contribution in [0.15, 0.2) is 167 Å². The molecule has 7 aromatic carbocycles. The van der Waals surface area contributed by atoms with Gasteiger partial charge in [-0.3, -0.25) is 0 Å². The molecule has 0 saturated carbocycles. The van der Waals surface area contributed by atoms with Crippen molar-refractivity contribution in [2.45, 2.75) is 0 Å². The van der Waals surface area contributed by atoms with Gasteiger partial charge in [0, 0.05) is 53.2 Å². The maximum atomic E-state index is 6.46. The molecule has 4 aromatic heterocycles. The zero-order valence-electron chi connectivity index (χ0n) is 28.0. The molecule has 11 rings (SSSR count). The lowest BCUT2D eigenvalue weighted by molar-refractivity contribution is 0.620. The molecule has 0 aliphatic carbocycles. The second kappa shape index (κ2) is 11.8. The number of para-hydroxylation sites is 2. The summed E-state index contributed by atoms with van der Waals surface area (Å²) in [5, 5.41) is 4.33. The highest BCUT2D eigenvalue weighted by Crippen LogP contribution is 2.43. The molecule has 0 spiro atoms. The van der Waals surface area contributed by atoms with Crippen LogP contribution >= 0.6 is 11.3 Å². The predicted molar refractivity (Wildman–Crippen MR) is 215 cm³/mol. The molecule has 11 aromatic rings. The number of furan rings is 1. The molecule has 0 saturated heterocycles. The summed E-state index contributed by atoms with van der Waals surface area (Å²) in [6.45, 7) is 0. The number of aromatic nitrogens is 4. The fraction of sp³-hybridized carbons (Fsp3) is 0. The highest BCUT2D eigenvalue weighted by Gasteiger charge is 2.22. The molecule has 7 heteroatoms. The summed E-state index contributed by atoms with van der Waals surface area (Å²) in [7, 11) is 0. The highest BCUT2D eigenvalue weighted by molar-refractivity contribution is 7.26. The van der Waals surface area contributed by atoms with Gasteiger partial charge in [0.05, 0.1) is 0 Å². The number of hydrogen-bond acceptors (Lipinski definition) is 7. The van der Waals surface area contributed by atoms with E-state index < -0.39 is 0 Å². The average molecular weight is 699 g/mol. The van der Waals surface area contributed by atoms with Gasteiger partial charge in [-0.25, -0.2) is 19.9 Å². The molecule has 0 aliphatic rings. The van der Waals surface area contributed by atoms with Crippen molar-refractivity contribution in [3.63, 3.8) is 0 Å². The van der Waals surface area contributed by atoms with Crippen molar-refractivity contribution in [1.82, 2.24) is 19.9 Å². The van der Waals surface area contributed by atoms with E-state index >= 15 is 0 Å². The van der Waals surface area contributed by atoms with Crippen LogP contribution in [0.25, 0.3) is 110 Å². The molecule has 248 valence electrons. The monoisotopic (exact) mass is 698 g/mol. The average Bonchev–Trinajstić information content (AvgIpc) is 3.94. The number of rotatable bonds is 5. The van der Waals surface area contributed by atoms with Gasteiger partial charge in [0.25, 0.3) is 0 Å². The summed E-state index contributed by atoms with van der Waals surface area (Å²) in [6, 6.07) is 53.5. The molecule has 4 heterocycles. The zero-order valence-corrected chi connectivity index (χ0v) is 28.8. The van der Waals surface area contributed by atoms with Gasteiger partial charge < -0.3 is 8.83 Å². The summed E-state index contributed by atoms with van der Waals surface area (Å²) in [4.78, 5) is 20.2. The van der Waals surface area contributed by atoms with Crippen LogP contribution in [-0.4, -0.2) is 19.9 Å². The Morgan fingerprint density at radius 3 is 1.87 bits per heavy atom. The lowest BCUT2D eigenvalue weighted by Gasteiger charge is -2.11. The highest BCUT2D eigenvalue weighted by atomic mass is 32.1. The van der Waals surface area contributed by atoms with Gasteiger partial charge in [-0.1, -0.05) is 115 Å². The molecule has 0 amide bonds. The quantitative estimate of drug-likeness (QED) is 0.178. The number of oxazole rings is 1. The number of fused-ring (bicyclic) bond motifs is 7. The molecular formula is C46H26N4O2S. The maximum absolute atomic E-state index is 6.46. The summed E-state index contributed by atoms with van der Waals surface area (Å²) in [6.07, 6.45) is 0. The second-order valence-corrected chi connectivity index (χ2v) is 14.0. The molecule has 53 heavy (non-hydrogen) atoms. The molecule has 0 fully saturated rings. The third-order valence-electron chi connectivity index (χ3n) is 9.79. The van der Waals surface area contributed by atoms with Crippen LogP contribution in [0.5, 0.6) is 0 Å². The Bertz CT molecular complexity index is 3160. The third kappa shape index (κ3) is 4.86. The number of hydrogen-bond donors (Lipinski definition) is 0. The minimum absolute atomic E-state index is 0.529. The number of benzene rings is 7. The van der Waals surface area contributed by atoms with E-state index in [0.29, 0.717) is 23.4 Å². The van der Waals surface area contributed by atoms with Gasteiger partial charge in [-0.15, -0.1) is 11.3 Å². The van der Waals surface area contributed by atoms with E-state index in [0.717, 1.165) is 60.9 Å². The van der Waals surface area contributed by atoms with Crippen LogP contribution in [0, 0.1) is 0 Å². The van der Waals surface area contributed by atoms with Gasteiger partial charge in [0.1, 0.15) is 16.7 Å². The minimum Gasteiger partial charge on any atom is -0.456 e. The molecule has 6 nitrogen and oxygen atoms in total. The normalized spacial score (nSPS) is 11.8. The Labute approximate surface area is 306 Å². The van der Waals surface area contributed by atoms with Crippen molar-refractivity contribution in [2.24, 2.45) is 0 Å². The van der Waals surface area contributed by atoms with E-state index in [2.05, 4.69) is 66.7 Å². The van der Waals surface area contributed by atoms with E-state index in [-0.39, 0.29) is 0 Å². The molecule has 0 N–H and O–H groups in total. The van der Waals surface area contributed by atoms with E-state index in [1.54, 1.807) is 0 Å². The minimum atomic E-state index is 0.529. The van der Waals surface area contributed by atoms with E-state index in [1.165, 1.54) is 25.7 Å².